The minimum atomic E-state index is 0.00688. The molecule has 0 aliphatic carbocycles. The summed E-state index contributed by atoms with van der Waals surface area (Å²) in [5, 5.41) is 0. The monoisotopic (exact) mass is 784 g/mol. The van der Waals surface area contributed by atoms with Gasteiger partial charge in [-0.05, 0) is 83.8 Å². The van der Waals surface area contributed by atoms with Crippen LogP contribution in [0.15, 0.2) is 0 Å². The lowest BCUT2D eigenvalue weighted by atomic mass is 12.0. The second-order valence-electron chi connectivity index (χ2n) is 3.94. The number of hydrogen-bond donors (Lipinski definition) is 0. The molecule has 16 atom stereocenters. The summed E-state index contributed by atoms with van der Waals surface area (Å²) < 4.78 is 0. The molecule has 0 nitrogen and oxygen atoms in total. The lowest BCUT2D eigenvalue weighted by Crippen LogP contribution is -1.63. The highest BCUT2D eigenvalue weighted by Crippen LogP contribution is 3.31. The minimum absolute atomic E-state index is 0.00688. The highest BCUT2D eigenvalue weighted by molar-refractivity contribution is 9.36. The van der Waals surface area contributed by atoms with E-state index in [4.69, 9.17) is 0 Å². The summed E-state index contributed by atoms with van der Waals surface area (Å²) in [7, 11) is 39.8. The molecule has 0 spiro atoms. The van der Waals surface area contributed by atoms with Crippen LogP contribution in [0.4, 0.5) is 0 Å². The van der Waals surface area contributed by atoms with Crippen molar-refractivity contribution in [2.24, 2.45) is 0 Å². The van der Waals surface area contributed by atoms with Gasteiger partial charge < -0.3 is 0 Å². The predicted molar refractivity (Wildman–Crippen MR) is 207 cm³/mol. The molecular weight excluding hydrogens is 755 g/mol. The van der Waals surface area contributed by atoms with Crippen LogP contribution in [-0.4, -0.2) is 6.66 Å². The molecule has 0 fully saturated rings. The Labute approximate surface area is 197 Å². The summed E-state index contributed by atoms with van der Waals surface area (Å²) in [6.45, 7) is 3.43. The molecule has 0 bridgehead atoms. The van der Waals surface area contributed by atoms with Crippen LogP contribution in [0, 0.1) is 0 Å². The van der Waals surface area contributed by atoms with Gasteiger partial charge in [0, 0.05) is 0 Å². The molecule has 0 amide bonds. The van der Waals surface area contributed by atoms with Gasteiger partial charge in [-0.25, -0.2) is 0 Å². The maximum Gasteiger partial charge on any atom is -0.00536 e. The molecule has 24 heteroatoms. The van der Waals surface area contributed by atoms with Gasteiger partial charge in [0.05, 0.1) is 0 Å². The van der Waals surface area contributed by atoms with E-state index in [1.165, 1.54) is 0 Å². The quantitative estimate of drug-likeness (QED) is 0.183. The average molecular weight is 784 g/mol. The van der Waals surface area contributed by atoms with Gasteiger partial charge in [-0.2, -0.15) is 0 Å². The van der Waals surface area contributed by atoms with Gasteiger partial charge in [-0.3, -0.25) is 0 Å². The Morgan fingerprint density at radius 3 is 0.960 bits per heavy atom. The van der Waals surface area contributed by atoms with Gasteiger partial charge in [0.1, 0.15) is 0 Å². The first-order chi connectivity index (χ1) is 11.4. The third-order valence-electron chi connectivity index (χ3n) is 2.20. The maximum absolute atomic E-state index is 3.29. The first-order valence-corrected chi connectivity index (χ1v) is 49.5. The topological polar surface area (TPSA) is 0 Å². The Hall–Kier alpha value is 10.3. The second-order valence-corrected chi connectivity index (χ2v) is 99.1. The fourth-order valence-electron chi connectivity index (χ4n) is 1.43. The van der Waals surface area contributed by atoms with E-state index >= 15 is 0 Å². The van der Waals surface area contributed by atoms with E-state index in [9.17, 15) is 0 Å². The molecule has 0 saturated heterocycles. The molecule has 0 aromatic rings. The maximum atomic E-state index is 3.29. The summed E-state index contributed by atoms with van der Waals surface area (Å²) in [5.41, 5.74) is 0. The zero-order valence-electron chi connectivity index (χ0n) is 13.3. The summed E-state index contributed by atoms with van der Waals surface area (Å²) in [6.07, 6.45) is 0. The first-order valence-electron chi connectivity index (χ1n) is 5.80. The van der Waals surface area contributed by atoms with Crippen LogP contribution >= 0.6 is 192 Å². The van der Waals surface area contributed by atoms with Crippen molar-refractivity contribution in [1.82, 2.24) is 0 Å². The minimum Gasteiger partial charge on any atom is -0.109 e. The molecule has 16 unspecified atom stereocenters. The van der Waals surface area contributed by atoms with E-state index in [0.29, 0.717) is 0 Å². The molecule has 152 valence electrons. The van der Waals surface area contributed by atoms with E-state index in [1.54, 1.807) is 0 Å². The van der Waals surface area contributed by atoms with E-state index < -0.39 is 0 Å². The van der Waals surface area contributed by atoms with Crippen molar-refractivity contribution in [1.29, 1.82) is 0 Å². The third kappa shape index (κ3) is 13.1. The molecule has 0 saturated carbocycles. The fraction of sp³-hybridized carbons (Fsp3) is 1.00. The number of rotatable bonds is 11. The van der Waals surface area contributed by atoms with Gasteiger partial charge >= 0.3 is 0 Å². The van der Waals surface area contributed by atoms with Gasteiger partial charge in [0.15, 0.2) is 0 Å². The Balaban J connectivity index is 6.16. The first kappa shape index (κ1) is 35.3. The van der Waals surface area contributed by atoms with Crippen molar-refractivity contribution in [3.8, 4) is 0 Å². The molecule has 0 radical (unpaired) electrons. The second kappa shape index (κ2) is 19.4. The van der Waals surface area contributed by atoms with Crippen molar-refractivity contribution in [2.75, 3.05) is 6.66 Å². The van der Waals surface area contributed by atoms with Crippen molar-refractivity contribution in [3.63, 3.8) is 0 Å². The van der Waals surface area contributed by atoms with Crippen molar-refractivity contribution in [3.05, 3.63) is 0 Å². The average Bonchev–Trinajstić information content (AvgIpc) is 2.44. The van der Waals surface area contributed by atoms with Gasteiger partial charge in [-0.1, -0.05) is 7.96 Å². The third-order valence-corrected chi connectivity index (χ3v) is 159. The largest absolute Gasteiger partial charge is 0.109 e. The summed E-state index contributed by atoms with van der Waals surface area (Å²) in [4.78, 5) is 0. The highest BCUT2D eigenvalue weighted by atomic mass is 33.4. The van der Waals surface area contributed by atoms with E-state index in [2.05, 4.69) is 114 Å². The molecule has 0 N–H and O–H groups in total. The molecular formula is CH28P24. The molecule has 0 heterocycles. The fourth-order valence-corrected chi connectivity index (χ4v) is 290. The van der Waals surface area contributed by atoms with Gasteiger partial charge in [0.25, 0.3) is 0 Å². The Morgan fingerprint density at radius 1 is 0.480 bits per heavy atom. The van der Waals surface area contributed by atoms with Crippen LogP contribution in [-0.2, 0) is 0 Å². The van der Waals surface area contributed by atoms with E-state index in [-0.39, 0.29) is 77.2 Å². The summed E-state index contributed by atoms with van der Waals surface area (Å²) >= 11 is 0. The van der Waals surface area contributed by atoms with Crippen LogP contribution in [0.5, 0.6) is 0 Å². The standard InChI is InChI=1S/CH28P24/c1-15(22(16(3)4)21(13)14-2)23(24(17(5)6)18(7)8)25(19(9)10)20(11)12/h14H,2-13H2,1H3. The highest BCUT2D eigenvalue weighted by Gasteiger charge is 2.44. The Bertz CT molecular complexity index is 306. The van der Waals surface area contributed by atoms with E-state index in [1.807, 2.05) is 0 Å². The van der Waals surface area contributed by atoms with Crippen LogP contribution in [0.3, 0.4) is 0 Å². The molecule has 0 aromatic heterocycles. The summed E-state index contributed by atoms with van der Waals surface area (Å²) in [6, 6.07) is 0. The van der Waals surface area contributed by atoms with Crippen molar-refractivity contribution >= 4 is 192 Å². The van der Waals surface area contributed by atoms with E-state index in [0.717, 1.165) is 7.96 Å². The molecule has 0 rings (SSSR count). The van der Waals surface area contributed by atoms with Crippen molar-refractivity contribution in [2.45, 2.75) is 0 Å². The van der Waals surface area contributed by atoms with Crippen LogP contribution in [0.25, 0.3) is 0 Å². The summed E-state index contributed by atoms with van der Waals surface area (Å²) in [5.74, 6) is 0. The lowest BCUT2D eigenvalue weighted by Gasteiger charge is -2.48. The number of hydrogen-bond acceptors (Lipinski definition) is 0. The lowest BCUT2D eigenvalue weighted by molar-refractivity contribution is 2.50. The normalized spacial score (nSPS) is 17.6. The zero-order valence-corrected chi connectivity index (χ0v) is 38.0. The van der Waals surface area contributed by atoms with Gasteiger partial charge in [0.2, 0.25) is 0 Å². The predicted octanol–water partition coefficient (Wildman–Crippen LogP) is 14.1. The Kier molecular flexibility index (Phi) is 27.4. The molecule has 0 aromatic carbocycles. The molecule has 0 aliphatic rings. The van der Waals surface area contributed by atoms with Crippen LogP contribution < -0.4 is 0 Å². The SMILES string of the molecule is CP(P(P(P)P)P(P)PP)P(P(P(P)P)P(P)P)P(P(P)P)P(P)P. The molecule has 0 aliphatic heterocycles. The van der Waals surface area contributed by atoms with Crippen molar-refractivity contribution < 1.29 is 0 Å². The zero-order chi connectivity index (χ0) is 20.1. The van der Waals surface area contributed by atoms with Crippen LogP contribution in [0.2, 0.25) is 0 Å². The van der Waals surface area contributed by atoms with Crippen LogP contribution in [0.1, 0.15) is 0 Å². The smallest absolute Gasteiger partial charge is 0.00536 e. The Morgan fingerprint density at radius 2 is 0.760 bits per heavy atom. The molecule has 25 heavy (non-hydrogen) atoms. The van der Waals surface area contributed by atoms with Gasteiger partial charge in [-0.15, -0.1) is 107 Å².